The van der Waals surface area contributed by atoms with E-state index in [9.17, 15) is 19.6 Å². The number of nitriles is 1. The minimum atomic E-state index is -1.03. The normalized spacial score (nSPS) is 15.1. The summed E-state index contributed by atoms with van der Waals surface area (Å²) in [6, 6.07) is 23.6. The molecule has 1 aliphatic heterocycles. The molecule has 0 spiro atoms. The summed E-state index contributed by atoms with van der Waals surface area (Å²) < 4.78 is 10.1. The summed E-state index contributed by atoms with van der Waals surface area (Å²) in [6.07, 6.45) is 0. The van der Waals surface area contributed by atoms with E-state index in [1.165, 1.54) is 23.1 Å². The molecule has 38 heavy (non-hydrogen) atoms. The Hall–Kier alpha value is -4.87. The van der Waals surface area contributed by atoms with Crippen LogP contribution in [0, 0.1) is 11.3 Å². The summed E-state index contributed by atoms with van der Waals surface area (Å²) in [7, 11) is 2.31. The second kappa shape index (κ2) is 11.0. The number of allylic oxidation sites excluding steroid dienone is 1. The van der Waals surface area contributed by atoms with Crippen molar-refractivity contribution in [3.05, 3.63) is 123 Å². The Balaban J connectivity index is 2.08. The molecule has 1 aliphatic rings. The molecule has 0 amide bonds. The topological polar surface area (TPSA) is 123 Å². The highest BCUT2D eigenvalue weighted by molar-refractivity contribution is 6.31. The van der Waals surface area contributed by atoms with Crippen LogP contribution in [0.3, 0.4) is 0 Å². The van der Waals surface area contributed by atoms with Crippen LogP contribution in [0.1, 0.15) is 27.4 Å². The van der Waals surface area contributed by atoms with Gasteiger partial charge in [-0.25, -0.2) is 9.59 Å². The molecule has 3 aromatic rings. The molecule has 0 saturated carbocycles. The number of benzene rings is 3. The molecule has 0 fully saturated rings. The summed E-state index contributed by atoms with van der Waals surface area (Å²) in [5.74, 6) is -3.38. The lowest BCUT2D eigenvalue weighted by Gasteiger charge is -2.36. The van der Waals surface area contributed by atoms with Crippen molar-refractivity contribution in [2.24, 2.45) is 5.73 Å². The predicted molar refractivity (Wildman–Crippen MR) is 141 cm³/mol. The van der Waals surface area contributed by atoms with Gasteiger partial charge < -0.3 is 15.2 Å². The van der Waals surface area contributed by atoms with Crippen LogP contribution in [0.4, 0.5) is 5.69 Å². The number of carbonyl (C=O) groups is 3. The van der Waals surface area contributed by atoms with E-state index in [0.29, 0.717) is 11.1 Å². The molecular weight excluding hydrogens is 506 g/mol. The van der Waals surface area contributed by atoms with Gasteiger partial charge in [-0.15, -0.1) is 0 Å². The van der Waals surface area contributed by atoms with Crippen LogP contribution in [0.5, 0.6) is 0 Å². The molecule has 1 heterocycles. The molecule has 0 radical (unpaired) electrons. The van der Waals surface area contributed by atoms with Gasteiger partial charge in [0, 0.05) is 16.1 Å². The number of hydrogen-bond donors (Lipinski definition) is 1. The van der Waals surface area contributed by atoms with Crippen molar-refractivity contribution in [3.63, 3.8) is 0 Å². The number of nitrogens with zero attached hydrogens (tertiary/aromatic N) is 2. The number of halogens is 1. The molecule has 1 unspecified atom stereocenters. The molecule has 0 saturated heterocycles. The summed E-state index contributed by atoms with van der Waals surface area (Å²) in [5, 5.41) is 10.5. The maximum Gasteiger partial charge on any atom is 0.355 e. The number of ketones is 1. The fourth-order valence-electron chi connectivity index (χ4n) is 4.39. The SMILES string of the molecule is COC(=O)C1=C(C(=O)OC)N(c2ccc(Cl)cc2C(=O)c2ccccc2)C(N)=C(C#N)C1c1ccccc1. The second-order valence-corrected chi connectivity index (χ2v) is 8.63. The third-order valence-electron chi connectivity index (χ3n) is 6.09. The van der Waals surface area contributed by atoms with Crippen LogP contribution in [0.15, 0.2) is 102 Å². The smallest absolute Gasteiger partial charge is 0.355 e. The maximum absolute atomic E-state index is 13.6. The number of hydrogen-bond acceptors (Lipinski definition) is 8. The minimum Gasteiger partial charge on any atom is -0.466 e. The van der Waals surface area contributed by atoms with Gasteiger partial charge in [0.2, 0.25) is 0 Å². The average Bonchev–Trinajstić information content (AvgIpc) is 2.96. The standard InChI is InChI=1S/C29H22ClN3O5/c1-37-28(35)24-23(17-9-5-3-6-10-17)21(16-31)27(32)33(25(24)29(36)38-2)22-14-13-19(30)15-20(22)26(34)18-11-7-4-8-12-18/h3-15,23H,32H2,1-2H3. The van der Waals surface area contributed by atoms with Crippen LogP contribution in [-0.4, -0.2) is 31.9 Å². The summed E-state index contributed by atoms with van der Waals surface area (Å²) in [4.78, 5) is 41.3. The van der Waals surface area contributed by atoms with E-state index in [0.717, 1.165) is 14.2 Å². The molecule has 0 bridgehead atoms. The molecule has 8 nitrogen and oxygen atoms in total. The zero-order chi connectivity index (χ0) is 27.4. The molecular formula is C29H22ClN3O5. The van der Waals surface area contributed by atoms with Gasteiger partial charge in [-0.3, -0.25) is 9.69 Å². The zero-order valence-corrected chi connectivity index (χ0v) is 21.2. The average molecular weight is 528 g/mol. The van der Waals surface area contributed by atoms with E-state index < -0.39 is 23.6 Å². The van der Waals surface area contributed by atoms with Crippen molar-refractivity contribution >= 4 is 35.0 Å². The first-order chi connectivity index (χ1) is 18.3. The van der Waals surface area contributed by atoms with Gasteiger partial charge in [0.15, 0.2) is 5.78 Å². The number of nitrogens with two attached hydrogens (primary N) is 1. The number of anilines is 1. The number of esters is 2. The Kier molecular flexibility index (Phi) is 7.61. The number of rotatable bonds is 6. The molecule has 1 atom stereocenters. The zero-order valence-electron chi connectivity index (χ0n) is 20.5. The van der Waals surface area contributed by atoms with Crippen molar-refractivity contribution in [1.82, 2.24) is 0 Å². The Bertz CT molecular complexity index is 1520. The molecule has 4 rings (SSSR count). The minimum absolute atomic E-state index is 0.0164. The third kappa shape index (κ3) is 4.63. The fraction of sp³-hybridized carbons (Fsp3) is 0.103. The summed E-state index contributed by atoms with van der Waals surface area (Å²) in [5.41, 5.74) is 7.21. The van der Waals surface area contributed by atoms with Crippen LogP contribution in [0.2, 0.25) is 5.02 Å². The Morgan fingerprint density at radius 1 is 0.921 bits per heavy atom. The van der Waals surface area contributed by atoms with E-state index in [4.69, 9.17) is 26.8 Å². The van der Waals surface area contributed by atoms with Crippen LogP contribution >= 0.6 is 11.6 Å². The van der Waals surface area contributed by atoms with Crippen molar-refractivity contribution < 1.29 is 23.9 Å². The Morgan fingerprint density at radius 3 is 2.11 bits per heavy atom. The van der Waals surface area contributed by atoms with Crippen LogP contribution in [-0.2, 0) is 19.1 Å². The molecule has 9 heteroatoms. The van der Waals surface area contributed by atoms with Crippen LogP contribution < -0.4 is 10.6 Å². The quantitative estimate of drug-likeness (QED) is 0.368. The van der Waals surface area contributed by atoms with Gasteiger partial charge in [-0.05, 0) is 23.8 Å². The lowest BCUT2D eigenvalue weighted by molar-refractivity contribution is -0.139. The Labute approximate surface area is 224 Å². The number of methoxy groups -OCH3 is 2. The molecule has 190 valence electrons. The van der Waals surface area contributed by atoms with Gasteiger partial charge in [0.25, 0.3) is 0 Å². The van der Waals surface area contributed by atoms with E-state index in [1.807, 2.05) is 0 Å². The van der Waals surface area contributed by atoms with Crippen molar-refractivity contribution in [2.75, 3.05) is 19.1 Å². The number of carbonyl (C=O) groups excluding carboxylic acids is 3. The van der Waals surface area contributed by atoms with Crippen molar-refractivity contribution in [2.45, 2.75) is 5.92 Å². The van der Waals surface area contributed by atoms with Gasteiger partial charge in [0.1, 0.15) is 11.5 Å². The summed E-state index contributed by atoms with van der Waals surface area (Å²) >= 11 is 6.27. The van der Waals surface area contributed by atoms with Gasteiger partial charge >= 0.3 is 11.9 Å². The van der Waals surface area contributed by atoms with E-state index in [1.54, 1.807) is 60.7 Å². The van der Waals surface area contributed by atoms with Gasteiger partial charge in [-0.2, -0.15) is 5.26 Å². The monoisotopic (exact) mass is 527 g/mol. The second-order valence-electron chi connectivity index (χ2n) is 8.19. The highest BCUT2D eigenvalue weighted by atomic mass is 35.5. The molecule has 0 aromatic heterocycles. The van der Waals surface area contributed by atoms with Gasteiger partial charge in [-0.1, -0.05) is 72.3 Å². The lowest BCUT2D eigenvalue weighted by atomic mass is 9.80. The highest BCUT2D eigenvalue weighted by Crippen LogP contribution is 2.44. The maximum atomic E-state index is 13.6. The van der Waals surface area contributed by atoms with E-state index in [2.05, 4.69) is 6.07 Å². The fourth-order valence-corrected chi connectivity index (χ4v) is 4.57. The molecule has 2 N–H and O–H groups in total. The predicted octanol–water partition coefficient (Wildman–Crippen LogP) is 4.47. The first kappa shape index (κ1) is 26.2. The first-order valence-corrected chi connectivity index (χ1v) is 11.8. The largest absolute Gasteiger partial charge is 0.466 e. The Morgan fingerprint density at radius 2 is 1.53 bits per heavy atom. The van der Waals surface area contributed by atoms with Crippen molar-refractivity contribution in [1.29, 1.82) is 5.26 Å². The lowest BCUT2D eigenvalue weighted by Crippen LogP contribution is -2.41. The summed E-state index contributed by atoms with van der Waals surface area (Å²) in [6.45, 7) is 0. The number of ether oxygens (including phenoxy) is 2. The van der Waals surface area contributed by atoms with E-state index in [-0.39, 0.29) is 38.9 Å². The molecule has 3 aromatic carbocycles. The van der Waals surface area contributed by atoms with Crippen molar-refractivity contribution in [3.8, 4) is 6.07 Å². The third-order valence-corrected chi connectivity index (χ3v) is 6.33. The van der Waals surface area contributed by atoms with E-state index >= 15 is 0 Å². The van der Waals surface area contributed by atoms with Crippen LogP contribution in [0.25, 0.3) is 0 Å². The highest BCUT2D eigenvalue weighted by Gasteiger charge is 2.43. The molecule has 0 aliphatic carbocycles. The van der Waals surface area contributed by atoms with Gasteiger partial charge in [0.05, 0.1) is 43.0 Å². The first-order valence-electron chi connectivity index (χ1n) is 11.4.